The van der Waals surface area contributed by atoms with E-state index in [1.54, 1.807) is 13.2 Å². The molecular formula is C21H24N4O2. The van der Waals surface area contributed by atoms with Crippen LogP contribution in [0.15, 0.2) is 41.2 Å². The zero-order valence-corrected chi connectivity index (χ0v) is 15.7. The van der Waals surface area contributed by atoms with E-state index in [0.29, 0.717) is 11.7 Å². The first kappa shape index (κ1) is 17.7. The molecule has 2 aromatic heterocycles. The molecule has 0 aliphatic carbocycles. The van der Waals surface area contributed by atoms with Crippen molar-refractivity contribution in [2.75, 3.05) is 20.2 Å². The van der Waals surface area contributed by atoms with Crippen molar-refractivity contribution in [3.8, 4) is 5.75 Å². The van der Waals surface area contributed by atoms with Gasteiger partial charge in [-0.05, 0) is 45.0 Å². The average molecular weight is 364 g/mol. The highest BCUT2D eigenvalue weighted by atomic mass is 16.5. The Hall–Kier alpha value is -2.73. The minimum Gasteiger partial charge on any atom is -0.494 e. The SMILES string of the molecule is COc1cccc2ccc(CN3CCC(c4cc(=O)[nH]c(C)n4)CC3)nc12. The number of nitrogens with zero attached hydrogens (tertiary/aromatic N) is 3. The van der Waals surface area contributed by atoms with E-state index in [1.165, 1.54) is 0 Å². The van der Waals surface area contributed by atoms with Gasteiger partial charge in [0.2, 0.25) is 0 Å². The largest absolute Gasteiger partial charge is 0.494 e. The fourth-order valence-corrected chi connectivity index (χ4v) is 3.84. The molecule has 3 heterocycles. The highest BCUT2D eigenvalue weighted by molar-refractivity contribution is 5.84. The molecule has 1 aliphatic heterocycles. The number of likely N-dealkylation sites (tertiary alicyclic amines) is 1. The zero-order valence-electron chi connectivity index (χ0n) is 15.7. The number of piperidine rings is 1. The molecule has 0 radical (unpaired) electrons. The number of benzene rings is 1. The maximum Gasteiger partial charge on any atom is 0.251 e. The lowest BCUT2D eigenvalue weighted by Crippen LogP contribution is -2.33. The zero-order chi connectivity index (χ0) is 18.8. The van der Waals surface area contributed by atoms with Gasteiger partial charge in [-0.25, -0.2) is 9.97 Å². The van der Waals surface area contributed by atoms with Gasteiger partial charge < -0.3 is 9.72 Å². The highest BCUT2D eigenvalue weighted by Crippen LogP contribution is 2.28. The summed E-state index contributed by atoms with van der Waals surface area (Å²) in [7, 11) is 1.68. The summed E-state index contributed by atoms with van der Waals surface area (Å²) in [5, 5.41) is 1.09. The molecule has 0 spiro atoms. The van der Waals surface area contributed by atoms with E-state index < -0.39 is 0 Å². The molecule has 0 saturated carbocycles. The molecule has 27 heavy (non-hydrogen) atoms. The normalized spacial score (nSPS) is 15.9. The fraction of sp³-hybridized carbons (Fsp3) is 0.381. The quantitative estimate of drug-likeness (QED) is 0.770. The van der Waals surface area contributed by atoms with E-state index in [9.17, 15) is 4.79 Å². The van der Waals surface area contributed by atoms with E-state index >= 15 is 0 Å². The van der Waals surface area contributed by atoms with E-state index in [1.807, 2.05) is 19.1 Å². The average Bonchev–Trinajstić information content (AvgIpc) is 2.67. The summed E-state index contributed by atoms with van der Waals surface area (Å²) < 4.78 is 5.44. The summed E-state index contributed by atoms with van der Waals surface area (Å²) in [5.74, 6) is 1.85. The van der Waals surface area contributed by atoms with Crippen molar-refractivity contribution in [2.24, 2.45) is 0 Å². The second kappa shape index (κ2) is 7.48. The van der Waals surface area contributed by atoms with Crippen LogP contribution in [0.2, 0.25) is 0 Å². The fourth-order valence-electron chi connectivity index (χ4n) is 3.84. The summed E-state index contributed by atoms with van der Waals surface area (Å²) >= 11 is 0. The van der Waals surface area contributed by atoms with Crippen molar-refractivity contribution in [3.63, 3.8) is 0 Å². The predicted octanol–water partition coefficient (Wildman–Crippen LogP) is 3.01. The van der Waals surface area contributed by atoms with Crippen molar-refractivity contribution in [1.82, 2.24) is 19.9 Å². The Bertz CT molecular complexity index is 1010. The van der Waals surface area contributed by atoms with Gasteiger partial charge in [0.05, 0.1) is 18.5 Å². The van der Waals surface area contributed by atoms with Crippen LogP contribution in [0.1, 0.15) is 36.0 Å². The molecule has 6 nitrogen and oxygen atoms in total. The first-order valence-electron chi connectivity index (χ1n) is 9.35. The Morgan fingerprint density at radius 1 is 1.19 bits per heavy atom. The van der Waals surface area contributed by atoms with Crippen LogP contribution >= 0.6 is 0 Å². The van der Waals surface area contributed by atoms with Gasteiger partial charge in [-0.15, -0.1) is 0 Å². The van der Waals surface area contributed by atoms with Crippen molar-refractivity contribution in [2.45, 2.75) is 32.2 Å². The number of rotatable bonds is 4. The Labute approximate surface area is 158 Å². The van der Waals surface area contributed by atoms with Crippen molar-refractivity contribution >= 4 is 10.9 Å². The first-order valence-corrected chi connectivity index (χ1v) is 9.35. The van der Waals surface area contributed by atoms with Gasteiger partial charge in [-0.3, -0.25) is 9.69 Å². The molecule has 1 saturated heterocycles. The number of hydrogen-bond acceptors (Lipinski definition) is 5. The molecule has 0 amide bonds. The van der Waals surface area contributed by atoms with E-state index in [4.69, 9.17) is 9.72 Å². The summed E-state index contributed by atoms with van der Waals surface area (Å²) in [5.41, 5.74) is 2.82. The predicted molar refractivity (Wildman–Crippen MR) is 105 cm³/mol. The Morgan fingerprint density at radius 3 is 2.74 bits per heavy atom. The Balaban J connectivity index is 1.44. The lowest BCUT2D eigenvalue weighted by atomic mass is 9.93. The summed E-state index contributed by atoms with van der Waals surface area (Å²) in [6.07, 6.45) is 2.01. The number of nitrogens with one attached hydrogen (secondary N) is 1. The number of aromatic amines is 1. The van der Waals surface area contributed by atoms with Crippen molar-refractivity contribution in [3.05, 3.63) is 64.0 Å². The highest BCUT2D eigenvalue weighted by Gasteiger charge is 2.22. The summed E-state index contributed by atoms with van der Waals surface area (Å²) in [6, 6.07) is 11.8. The van der Waals surface area contributed by atoms with E-state index in [0.717, 1.165) is 60.5 Å². The molecule has 1 aromatic carbocycles. The van der Waals surface area contributed by atoms with E-state index in [2.05, 4.69) is 33.1 Å². The van der Waals surface area contributed by atoms with Crippen LogP contribution < -0.4 is 10.3 Å². The third kappa shape index (κ3) is 3.85. The monoisotopic (exact) mass is 364 g/mol. The van der Waals surface area contributed by atoms with Crippen molar-refractivity contribution in [1.29, 1.82) is 0 Å². The summed E-state index contributed by atoms with van der Waals surface area (Å²) in [6.45, 7) is 4.61. The van der Waals surface area contributed by atoms with Crippen LogP contribution in [0.3, 0.4) is 0 Å². The molecule has 0 unspecified atom stereocenters. The number of aromatic nitrogens is 3. The summed E-state index contributed by atoms with van der Waals surface area (Å²) in [4.78, 5) is 26.2. The molecule has 3 aromatic rings. The lowest BCUT2D eigenvalue weighted by molar-refractivity contribution is 0.201. The molecule has 140 valence electrons. The van der Waals surface area contributed by atoms with Gasteiger partial charge >= 0.3 is 0 Å². The Kier molecular flexibility index (Phi) is 4.90. The third-order valence-electron chi connectivity index (χ3n) is 5.23. The maximum atomic E-state index is 11.7. The smallest absolute Gasteiger partial charge is 0.251 e. The third-order valence-corrected chi connectivity index (χ3v) is 5.23. The number of pyridine rings is 1. The number of H-pyrrole nitrogens is 1. The maximum absolute atomic E-state index is 11.7. The molecule has 0 bridgehead atoms. The number of para-hydroxylation sites is 1. The molecule has 1 fully saturated rings. The van der Waals surface area contributed by atoms with Gasteiger partial charge in [0.1, 0.15) is 17.1 Å². The minimum absolute atomic E-state index is 0.0609. The van der Waals surface area contributed by atoms with Gasteiger partial charge in [0.25, 0.3) is 5.56 Å². The molecule has 1 aliphatic rings. The molecule has 4 rings (SSSR count). The minimum atomic E-state index is -0.0609. The van der Waals surface area contributed by atoms with Crippen LogP contribution in [0, 0.1) is 6.92 Å². The number of hydrogen-bond donors (Lipinski definition) is 1. The number of methoxy groups -OCH3 is 1. The Morgan fingerprint density at radius 2 is 2.00 bits per heavy atom. The number of fused-ring (bicyclic) bond motifs is 1. The van der Waals surface area contributed by atoms with Crippen LogP contribution in [0.4, 0.5) is 0 Å². The number of ether oxygens (including phenoxy) is 1. The van der Waals surface area contributed by atoms with Gasteiger partial charge in [0, 0.05) is 23.9 Å². The first-order chi connectivity index (χ1) is 13.1. The number of aryl methyl sites for hydroxylation is 1. The van der Waals surface area contributed by atoms with E-state index in [-0.39, 0.29) is 5.56 Å². The van der Waals surface area contributed by atoms with Gasteiger partial charge in [-0.2, -0.15) is 0 Å². The van der Waals surface area contributed by atoms with Crippen LogP contribution in [-0.2, 0) is 6.54 Å². The molecule has 0 atom stereocenters. The molecular weight excluding hydrogens is 340 g/mol. The molecule has 1 N–H and O–H groups in total. The van der Waals surface area contributed by atoms with Crippen molar-refractivity contribution < 1.29 is 4.74 Å². The second-order valence-corrected chi connectivity index (χ2v) is 7.14. The van der Waals surface area contributed by atoms with Gasteiger partial charge in [-0.1, -0.05) is 18.2 Å². The van der Waals surface area contributed by atoms with Crippen LogP contribution in [0.5, 0.6) is 5.75 Å². The van der Waals surface area contributed by atoms with Crippen LogP contribution in [0.25, 0.3) is 10.9 Å². The van der Waals surface area contributed by atoms with Crippen LogP contribution in [-0.4, -0.2) is 40.1 Å². The topological polar surface area (TPSA) is 71.1 Å². The second-order valence-electron chi connectivity index (χ2n) is 7.14. The lowest BCUT2D eigenvalue weighted by Gasteiger charge is -2.31. The molecule has 6 heteroatoms. The van der Waals surface area contributed by atoms with Gasteiger partial charge in [0.15, 0.2) is 0 Å². The standard InChI is InChI=1S/C21H24N4O2/c1-14-22-18(12-20(26)23-14)15-8-10-25(11-9-15)13-17-7-6-16-4-3-5-19(27-2)21(16)24-17/h3-7,12,15H,8-11,13H2,1-2H3,(H,22,23,26).